The van der Waals surface area contributed by atoms with Crippen LogP contribution in [0.5, 0.6) is 0 Å². The van der Waals surface area contributed by atoms with Crippen LogP contribution < -0.4 is 5.32 Å². The number of hydrogen-bond acceptors (Lipinski definition) is 6. The Hall–Kier alpha value is -1.85. The van der Waals surface area contributed by atoms with Gasteiger partial charge in [-0.15, -0.1) is 21.5 Å². The van der Waals surface area contributed by atoms with Crippen LogP contribution >= 0.6 is 23.1 Å². The summed E-state index contributed by atoms with van der Waals surface area (Å²) in [5, 5.41) is 23.0. The fraction of sp³-hybridized carbons (Fsp3) is 0.636. The van der Waals surface area contributed by atoms with Gasteiger partial charge in [-0.3, -0.25) is 4.79 Å². The van der Waals surface area contributed by atoms with E-state index < -0.39 is 0 Å². The van der Waals surface area contributed by atoms with Crippen molar-refractivity contribution in [2.75, 3.05) is 11.1 Å². The molecule has 0 aromatic carbocycles. The minimum Gasteiger partial charge on any atom is -0.316 e. The zero-order valence-corrected chi connectivity index (χ0v) is 19.4. The summed E-state index contributed by atoms with van der Waals surface area (Å²) in [4.78, 5) is 13.9. The summed E-state index contributed by atoms with van der Waals surface area (Å²) in [6, 6.07) is 2.32. The molecule has 1 atom stereocenters. The first-order chi connectivity index (χ1) is 14.6. The molecule has 2 aliphatic carbocycles. The minimum absolute atomic E-state index is 0.0898. The number of fused-ring (bicyclic) bond motifs is 1. The topological polar surface area (TPSA) is 83.6 Å². The molecule has 8 heteroatoms. The number of thiophene rings is 1. The first-order valence-corrected chi connectivity index (χ1v) is 12.8. The number of anilines is 1. The van der Waals surface area contributed by atoms with Gasteiger partial charge in [0.25, 0.3) is 0 Å². The summed E-state index contributed by atoms with van der Waals surface area (Å²) in [6.07, 6.45) is 9.25. The largest absolute Gasteiger partial charge is 0.316 e. The second kappa shape index (κ2) is 9.52. The highest BCUT2D eigenvalue weighted by Gasteiger charge is 2.26. The number of nitrogens with one attached hydrogen (secondary N) is 1. The van der Waals surface area contributed by atoms with E-state index in [4.69, 9.17) is 0 Å². The zero-order valence-electron chi connectivity index (χ0n) is 17.7. The summed E-state index contributed by atoms with van der Waals surface area (Å²) in [6.45, 7) is 5.17. The Morgan fingerprint density at radius 1 is 1.30 bits per heavy atom. The van der Waals surface area contributed by atoms with Gasteiger partial charge in [-0.05, 0) is 50.5 Å². The molecule has 2 aromatic heterocycles. The summed E-state index contributed by atoms with van der Waals surface area (Å²) in [7, 11) is 0. The van der Waals surface area contributed by atoms with E-state index in [1.165, 1.54) is 48.7 Å². The van der Waals surface area contributed by atoms with Crippen molar-refractivity contribution in [2.24, 2.45) is 5.92 Å². The van der Waals surface area contributed by atoms with Crippen molar-refractivity contribution >= 4 is 34.0 Å². The second-order valence-electron chi connectivity index (χ2n) is 8.42. The van der Waals surface area contributed by atoms with Gasteiger partial charge in [-0.2, -0.15) is 5.26 Å². The number of hydrogen-bond donors (Lipinski definition) is 1. The van der Waals surface area contributed by atoms with Crippen LogP contribution in [0.1, 0.15) is 80.1 Å². The van der Waals surface area contributed by atoms with Crippen molar-refractivity contribution in [3.8, 4) is 6.07 Å². The van der Waals surface area contributed by atoms with Gasteiger partial charge >= 0.3 is 0 Å². The molecule has 0 radical (unpaired) electrons. The molecule has 0 spiro atoms. The molecule has 2 aromatic rings. The molecular formula is C22H29N5OS2. The van der Waals surface area contributed by atoms with E-state index in [1.54, 1.807) is 11.3 Å². The molecule has 0 saturated heterocycles. The number of rotatable bonds is 6. The van der Waals surface area contributed by atoms with E-state index in [1.807, 2.05) is 0 Å². The van der Waals surface area contributed by atoms with E-state index in [9.17, 15) is 10.1 Å². The van der Waals surface area contributed by atoms with Crippen LogP contribution in [0.15, 0.2) is 5.16 Å². The maximum Gasteiger partial charge on any atom is 0.235 e. The molecule has 0 bridgehead atoms. The van der Waals surface area contributed by atoms with E-state index in [-0.39, 0.29) is 11.7 Å². The molecule has 2 heterocycles. The van der Waals surface area contributed by atoms with Crippen molar-refractivity contribution in [1.82, 2.24) is 14.8 Å². The monoisotopic (exact) mass is 443 g/mol. The molecule has 1 amide bonds. The van der Waals surface area contributed by atoms with Crippen LogP contribution in [0.25, 0.3) is 0 Å². The van der Waals surface area contributed by atoms with Gasteiger partial charge in [-0.1, -0.05) is 37.9 Å². The van der Waals surface area contributed by atoms with Crippen molar-refractivity contribution < 1.29 is 4.79 Å². The second-order valence-corrected chi connectivity index (χ2v) is 10.5. The number of thioether (sulfide) groups is 1. The van der Waals surface area contributed by atoms with E-state index >= 15 is 0 Å². The van der Waals surface area contributed by atoms with Gasteiger partial charge in [0, 0.05) is 17.3 Å². The first kappa shape index (κ1) is 21.4. The molecular weight excluding hydrogens is 414 g/mol. The third kappa shape index (κ3) is 4.42. The van der Waals surface area contributed by atoms with E-state index in [0.29, 0.717) is 22.4 Å². The molecule has 1 unspecified atom stereocenters. The highest BCUT2D eigenvalue weighted by molar-refractivity contribution is 7.99. The summed E-state index contributed by atoms with van der Waals surface area (Å²) < 4.78 is 2.17. The van der Waals surface area contributed by atoms with Gasteiger partial charge in [0.05, 0.1) is 11.3 Å². The van der Waals surface area contributed by atoms with E-state index in [2.05, 4.69) is 40.0 Å². The maximum absolute atomic E-state index is 12.6. The van der Waals surface area contributed by atoms with Crippen LogP contribution in [-0.4, -0.2) is 26.4 Å². The average Bonchev–Trinajstić information content (AvgIpc) is 3.32. The highest BCUT2D eigenvalue weighted by Crippen LogP contribution is 2.39. The van der Waals surface area contributed by atoms with Gasteiger partial charge < -0.3 is 9.88 Å². The van der Waals surface area contributed by atoms with Crippen molar-refractivity contribution in [1.29, 1.82) is 5.26 Å². The van der Waals surface area contributed by atoms with Gasteiger partial charge in [0.2, 0.25) is 5.91 Å². The lowest BCUT2D eigenvalue weighted by molar-refractivity contribution is -0.113. The lowest BCUT2D eigenvalue weighted by atomic mass is 9.89. The lowest BCUT2D eigenvalue weighted by Gasteiger charge is -2.21. The van der Waals surface area contributed by atoms with Gasteiger partial charge in [-0.25, -0.2) is 0 Å². The fourth-order valence-electron chi connectivity index (χ4n) is 4.62. The minimum atomic E-state index is -0.0898. The maximum atomic E-state index is 12.6. The van der Waals surface area contributed by atoms with Crippen molar-refractivity contribution in [3.63, 3.8) is 0 Å². The lowest BCUT2D eigenvalue weighted by Crippen LogP contribution is -2.15. The molecule has 1 fully saturated rings. The Morgan fingerprint density at radius 2 is 2.10 bits per heavy atom. The fourth-order valence-corrected chi connectivity index (χ4v) is 6.80. The van der Waals surface area contributed by atoms with Crippen molar-refractivity contribution in [3.05, 3.63) is 21.8 Å². The predicted molar refractivity (Wildman–Crippen MR) is 121 cm³/mol. The number of nitrogens with zero attached hydrogens (tertiary/aromatic N) is 4. The quantitative estimate of drug-likeness (QED) is 0.625. The zero-order chi connectivity index (χ0) is 21.1. The molecule has 6 nitrogen and oxygen atoms in total. The normalized spacial score (nSPS) is 19.3. The Labute approximate surface area is 186 Å². The number of aromatic nitrogens is 3. The van der Waals surface area contributed by atoms with Crippen LogP contribution in [0.3, 0.4) is 0 Å². The molecule has 1 saturated carbocycles. The number of nitriles is 1. The van der Waals surface area contributed by atoms with Crippen LogP contribution in [-0.2, 0) is 24.2 Å². The van der Waals surface area contributed by atoms with Gasteiger partial charge in [0.1, 0.15) is 16.9 Å². The molecule has 0 aliphatic heterocycles. The Bertz CT molecular complexity index is 952. The summed E-state index contributed by atoms with van der Waals surface area (Å²) in [5.41, 5.74) is 1.81. The standard InChI is InChI=1S/C22H29N5OS2/c1-3-27-20(15-7-5-4-6-8-15)25-26-22(27)29-13-19(28)24-21-17(12-23)16-10-9-14(2)11-18(16)30-21/h14-15H,3-11,13H2,1-2H3,(H,24,28). The van der Waals surface area contributed by atoms with Crippen LogP contribution in [0, 0.1) is 17.2 Å². The molecule has 2 aliphatic rings. The smallest absolute Gasteiger partial charge is 0.235 e. The van der Waals surface area contributed by atoms with E-state index in [0.717, 1.165) is 42.4 Å². The van der Waals surface area contributed by atoms with Crippen LogP contribution in [0.2, 0.25) is 0 Å². The predicted octanol–water partition coefficient (Wildman–Crippen LogP) is 5.13. The van der Waals surface area contributed by atoms with Crippen LogP contribution in [0.4, 0.5) is 5.00 Å². The summed E-state index contributed by atoms with van der Waals surface area (Å²) in [5.74, 6) is 2.39. The summed E-state index contributed by atoms with van der Waals surface area (Å²) >= 11 is 3.01. The Balaban J connectivity index is 1.41. The third-order valence-corrected chi connectivity index (χ3v) is 8.38. The molecule has 1 N–H and O–H groups in total. The number of carbonyl (C=O) groups excluding carboxylic acids is 1. The average molecular weight is 444 g/mol. The first-order valence-electron chi connectivity index (χ1n) is 11.0. The molecule has 4 rings (SSSR count). The van der Waals surface area contributed by atoms with Gasteiger partial charge in [0.15, 0.2) is 5.16 Å². The molecule has 30 heavy (non-hydrogen) atoms. The number of amides is 1. The third-order valence-electron chi connectivity index (χ3n) is 6.24. The number of carbonyl (C=O) groups is 1. The highest BCUT2D eigenvalue weighted by atomic mass is 32.2. The Morgan fingerprint density at radius 3 is 2.83 bits per heavy atom. The Kier molecular flexibility index (Phi) is 6.79. The SMILES string of the molecule is CCn1c(SCC(=O)Nc2sc3c(c2C#N)CCC(C)C3)nnc1C1CCCCC1. The molecule has 160 valence electrons. The van der Waals surface area contributed by atoms with Crippen molar-refractivity contribution in [2.45, 2.75) is 82.8 Å².